The number of aliphatic hydroxyl groups excluding tert-OH is 1. The minimum absolute atomic E-state index is 0.0887. The van der Waals surface area contributed by atoms with Crippen molar-refractivity contribution in [3.8, 4) is 5.75 Å². The predicted octanol–water partition coefficient (Wildman–Crippen LogP) is 3.76. The van der Waals surface area contributed by atoms with E-state index in [1.807, 2.05) is 20.8 Å². The quantitative estimate of drug-likeness (QED) is 0.186. The maximum atomic E-state index is 13.1. The third-order valence-corrected chi connectivity index (χ3v) is 5.93. The third kappa shape index (κ3) is 5.09. The van der Waals surface area contributed by atoms with E-state index in [0.29, 0.717) is 30.0 Å². The SMILES string of the molecule is CCOc1ccc(/C(O)=C2\C(=O)C(=O)N(CCN(CC)CC)[C@H]2c2cccc([N+](=O)[O-])c2)cc1. The van der Waals surface area contributed by atoms with Crippen LogP contribution in [0.3, 0.4) is 0 Å². The van der Waals surface area contributed by atoms with Gasteiger partial charge < -0.3 is 19.6 Å². The maximum Gasteiger partial charge on any atom is 0.295 e. The molecule has 2 aromatic carbocycles. The molecule has 1 fully saturated rings. The van der Waals surface area contributed by atoms with Gasteiger partial charge in [0.25, 0.3) is 17.4 Å². The number of aliphatic hydroxyl groups is 1. The summed E-state index contributed by atoms with van der Waals surface area (Å²) < 4.78 is 5.43. The zero-order chi connectivity index (χ0) is 24.8. The second kappa shape index (κ2) is 10.9. The predicted molar refractivity (Wildman–Crippen MR) is 128 cm³/mol. The molecule has 0 unspecified atom stereocenters. The zero-order valence-corrected chi connectivity index (χ0v) is 19.6. The number of benzene rings is 2. The third-order valence-electron chi connectivity index (χ3n) is 5.93. The minimum atomic E-state index is -0.943. The molecule has 3 rings (SSSR count). The summed E-state index contributed by atoms with van der Waals surface area (Å²) in [5, 5.41) is 22.5. The van der Waals surface area contributed by atoms with Gasteiger partial charge in [-0.25, -0.2) is 0 Å². The molecule has 0 saturated carbocycles. The van der Waals surface area contributed by atoms with Gasteiger partial charge in [-0.1, -0.05) is 26.0 Å². The van der Waals surface area contributed by atoms with Crippen molar-refractivity contribution in [2.24, 2.45) is 0 Å². The van der Waals surface area contributed by atoms with E-state index < -0.39 is 22.7 Å². The maximum absolute atomic E-state index is 13.1. The second-order valence-corrected chi connectivity index (χ2v) is 7.83. The molecule has 0 radical (unpaired) electrons. The van der Waals surface area contributed by atoms with Crippen molar-refractivity contribution < 1.29 is 24.4 Å². The summed E-state index contributed by atoms with van der Waals surface area (Å²) in [5.74, 6) is -1.28. The Balaban J connectivity index is 2.11. The number of amides is 1. The number of ketones is 1. The number of non-ortho nitro benzene ring substituents is 1. The van der Waals surface area contributed by atoms with Gasteiger partial charge in [-0.3, -0.25) is 19.7 Å². The van der Waals surface area contributed by atoms with Gasteiger partial charge in [0.2, 0.25) is 0 Å². The van der Waals surface area contributed by atoms with Crippen LogP contribution in [0.1, 0.15) is 37.9 Å². The lowest BCUT2D eigenvalue weighted by molar-refractivity contribution is -0.384. The van der Waals surface area contributed by atoms with E-state index in [0.717, 1.165) is 13.1 Å². The van der Waals surface area contributed by atoms with Crippen molar-refractivity contribution in [3.05, 3.63) is 75.3 Å². The lowest BCUT2D eigenvalue weighted by Crippen LogP contribution is -2.38. The molecule has 0 bridgehead atoms. The van der Waals surface area contributed by atoms with E-state index in [1.165, 1.54) is 23.1 Å². The molecule has 1 amide bonds. The molecule has 0 aromatic heterocycles. The van der Waals surface area contributed by atoms with Crippen LogP contribution in [0.4, 0.5) is 5.69 Å². The molecule has 2 aromatic rings. The van der Waals surface area contributed by atoms with Crippen molar-refractivity contribution in [3.63, 3.8) is 0 Å². The molecule has 0 spiro atoms. The highest BCUT2D eigenvalue weighted by Crippen LogP contribution is 2.40. The number of nitro groups is 1. The van der Waals surface area contributed by atoms with Gasteiger partial charge in [0.05, 0.1) is 23.1 Å². The van der Waals surface area contributed by atoms with Gasteiger partial charge in [0.15, 0.2) is 0 Å². The molecule has 1 N–H and O–H groups in total. The lowest BCUT2D eigenvalue weighted by atomic mass is 9.95. The molecule has 1 atom stereocenters. The molecular weight excluding hydrogens is 438 g/mol. The summed E-state index contributed by atoms with van der Waals surface area (Å²) in [6.45, 7) is 8.64. The van der Waals surface area contributed by atoms with Crippen LogP contribution in [0.15, 0.2) is 54.1 Å². The Morgan fingerprint density at radius 1 is 1.12 bits per heavy atom. The van der Waals surface area contributed by atoms with Crippen molar-refractivity contribution in [1.29, 1.82) is 0 Å². The van der Waals surface area contributed by atoms with Crippen LogP contribution in [0.25, 0.3) is 5.76 Å². The summed E-state index contributed by atoms with van der Waals surface area (Å²) in [6.07, 6.45) is 0. The molecule has 1 aliphatic heterocycles. The summed E-state index contributed by atoms with van der Waals surface area (Å²) >= 11 is 0. The Hall–Kier alpha value is -3.72. The van der Waals surface area contributed by atoms with Crippen molar-refractivity contribution in [2.45, 2.75) is 26.8 Å². The molecule has 1 heterocycles. The van der Waals surface area contributed by atoms with Gasteiger partial charge in [-0.15, -0.1) is 0 Å². The van der Waals surface area contributed by atoms with E-state index in [9.17, 15) is 24.8 Å². The molecule has 180 valence electrons. The van der Waals surface area contributed by atoms with E-state index in [2.05, 4.69) is 4.90 Å². The van der Waals surface area contributed by atoms with Crippen molar-refractivity contribution in [1.82, 2.24) is 9.80 Å². The number of carbonyl (C=O) groups excluding carboxylic acids is 2. The first-order chi connectivity index (χ1) is 16.3. The first kappa shape index (κ1) is 24.9. The normalized spacial score (nSPS) is 17.4. The number of ether oxygens (including phenoxy) is 1. The van der Waals surface area contributed by atoms with Crippen molar-refractivity contribution >= 4 is 23.1 Å². The number of Topliss-reactive ketones (excluding diaryl/α,β-unsaturated/α-hetero) is 1. The van der Waals surface area contributed by atoms with Gasteiger partial charge in [-0.2, -0.15) is 0 Å². The molecule has 0 aliphatic carbocycles. The highest BCUT2D eigenvalue weighted by atomic mass is 16.6. The van der Waals surface area contributed by atoms with Crippen LogP contribution in [0, 0.1) is 10.1 Å². The highest BCUT2D eigenvalue weighted by molar-refractivity contribution is 6.46. The van der Waals surface area contributed by atoms with Crippen LogP contribution in [-0.2, 0) is 9.59 Å². The van der Waals surface area contributed by atoms with Crippen LogP contribution >= 0.6 is 0 Å². The second-order valence-electron chi connectivity index (χ2n) is 7.83. The van der Waals surface area contributed by atoms with Gasteiger partial charge in [0.1, 0.15) is 11.5 Å². The van der Waals surface area contributed by atoms with E-state index >= 15 is 0 Å². The number of likely N-dealkylation sites (tertiary alicyclic amines) is 1. The Labute approximate surface area is 198 Å². The Bertz CT molecular complexity index is 1090. The minimum Gasteiger partial charge on any atom is -0.507 e. The fraction of sp³-hybridized carbons (Fsp3) is 0.360. The van der Waals surface area contributed by atoms with E-state index in [-0.39, 0.29) is 23.6 Å². The Morgan fingerprint density at radius 3 is 2.38 bits per heavy atom. The number of rotatable bonds is 10. The first-order valence-corrected chi connectivity index (χ1v) is 11.3. The number of nitro benzene ring substituents is 1. The van der Waals surface area contributed by atoms with Crippen LogP contribution in [0.2, 0.25) is 0 Å². The van der Waals surface area contributed by atoms with Gasteiger partial charge >= 0.3 is 0 Å². The number of nitrogens with zero attached hydrogens (tertiary/aromatic N) is 3. The molecular formula is C25H29N3O6. The summed E-state index contributed by atoms with van der Waals surface area (Å²) in [6, 6.07) is 11.4. The Kier molecular flexibility index (Phi) is 8.01. The smallest absolute Gasteiger partial charge is 0.295 e. The number of likely N-dealkylation sites (N-methyl/N-ethyl adjacent to an activating group) is 1. The van der Waals surface area contributed by atoms with E-state index in [1.54, 1.807) is 30.3 Å². The summed E-state index contributed by atoms with van der Waals surface area (Å²) in [7, 11) is 0. The summed E-state index contributed by atoms with van der Waals surface area (Å²) in [4.78, 5) is 40.5. The average molecular weight is 468 g/mol. The molecule has 9 heteroatoms. The van der Waals surface area contributed by atoms with Gasteiger partial charge in [0, 0.05) is 30.8 Å². The number of hydrogen-bond donors (Lipinski definition) is 1. The Morgan fingerprint density at radius 2 is 1.79 bits per heavy atom. The number of carbonyl (C=O) groups is 2. The zero-order valence-electron chi connectivity index (χ0n) is 19.6. The van der Waals surface area contributed by atoms with E-state index in [4.69, 9.17) is 4.74 Å². The monoisotopic (exact) mass is 467 g/mol. The summed E-state index contributed by atoms with van der Waals surface area (Å²) in [5.41, 5.74) is 0.489. The fourth-order valence-corrected chi connectivity index (χ4v) is 4.09. The van der Waals surface area contributed by atoms with Gasteiger partial charge in [-0.05, 0) is 49.8 Å². The molecule has 1 saturated heterocycles. The average Bonchev–Trinajstić information content (AvgIpc) is 3.10. The first-order valence-electron chi connectivity index (χ1n) is 11.3. The van der Waals surface area contributed by atoms with Crippen LogP contribution in [-0.4, -0.2) is 64.3 Å². The highest BCUT2D eigenvalue weighted by Gasteiger charge is 2.46. The standard InChI is InChI=1S/C25H29N3O6/c1-4-26(5-2)14-15-27-22(18-8-7-9-19(16-18)28(32)33)21(24(30)25(27)31)23(29)17-10-12-20(13-11-17)34-6-3/h7-13,16,22,29H,4-6,14-15H2,1-3H3/b23-21+/t22-/m0/s1. The topological polar surface area (TPSA) is 113 Å². The molecule has 1 aliphatic rings. The lowest BCUT2D eigenvalue weighted by Gasteiger charge is -2.28. The number of hydrogen-bond acceptors (Lipinski definition) is 7. The van der Waals surface area contributed by atoms with Crippen LogP contribution in [0.5, 0.6) is 5.75 Å². The van der Waals surface area contributed by atoms with Crippen LogP contribution < -0.4 is 4.74 Å². The fourth-order valence-electron chi connectivity index (χ4n) is 4.09. The molecule has 34 heavy (non-hydrogen) atoms. The van der Waals surface area contributed by atoms with Crippen molar-refractivity contribution in [2.75, 3.05) is 32.8 Å². The molecule has 9 nitrogen and oxygen atoms in total. The largest absolute Gasteiger partial charge is 0.507 e.